The third kappa shape index (κ3) is 15.5. The predicted octanol–water partition coefficient (Wildman–Crippen LogP) is -0.305. The van der Waals surface area contributed by atoms with Crippen LogP contribution in [0.5, 0.6) is 0 Å². The fourth-order valence-corrected chi connectivity index (χ4v) is 1.17. The van der Waals surface area contributed by atoms with Crippen LogP contribution in [-0.4, -0.2) is 71.5 Å². The average molecular weight is 309 g/mol. The highest BCUT2D eigenvalue weighted by atomic mass is 16.6. The van der Waals surface area contributed by atoms with Gasteiger partial charge in [-0.25, -0.2) is 4.79 Å². The summed E-state index contributed by atoms with van der Waals surface area (Å²) in [6, 6.07) is 0. The van der Waals surface area contributed by atoms with E-state index in [1.54, 1.807) is 7.11 Å². The van der Waals surface area contributed by atoms with Crippen molar-refractivity contribution in [2.75, 3.05) is 53.3 Å². The van der Waals surface area contributed by atoms with Gasteiger partial charge in [-0.05, 0) is 13.8 Å². The number of methoxy groups -OCH3 is 1. The standard InChI is InChI=1S/C13H27NO6.CH3/c1-11(16-3)10-20-12(2)9-18-5-4-17-6-7-19-13(15)8-14;/h11-12H,4-10,14H2,1-3H3;1H3/q;-1/p+1. The fourth-order valence-electron chi connectivity index (χ4n) is 1.17. The summed E-state index contributed by atoms with van der Waals surface area (Å²) in [5.41, 5.74) is 3.42. The molecule has 0 aromatic heterocycles. The maximum Gasteiger partial charge on any atom is 0.361 e. The van der Waals surface area contributed by atoms with Crippen molar-refractivity contribution in [1.82, 2.24) is 0 Å². The summed E-state index contributed by atoms with van der Waals surface area (Å²) in [6.45, 7) is 6.66. The molecule has 0 saturated heterocycles. The van der Waals surface area contributed by atoms with E-state index in [2.05, 4.69) is 5.73 Å². The lowest BCUT2D eigenvalue weighted by atomic mass is 10.4. The van der Waals surface area contributed by atoms with Crippen molar-refractivity contribution >= 4 is 5.97 Å². The van der Waals surface area contributed by atoms with Crippen LogP contribution >= 0.6 is 0 Å². The Labute approximate surface area is 128 Å². The van der Waals surface area contributed by atoms with Crippen molar-refractivity contribution in [2.45, 2.75) is 26.1 Å². The summed E-state index contributed by atoms with van der Waals surface area (Å²) in [5.74, 6) is -0.318. The van der Waals surface area contributed by atoms with Gasteiger partial charge < -0.3 is 36.8 Å². The zero-order valence-electron chi connectivity index (χ0n) is 13.8. The minimum atomic E-state index is -0.318. The van der Waals surface area contributed by atoms with E-state index in [4.69, 9.17) is 23.7 Å². The van der Waals surface area contributed by atoms with Crippen LogP contribution in [0.2, 0.25) is 0 Å². The second-order valence-corrected chi connectivity index (χ2v) is 4.35. The van der Waals surface area contributed by atoms with E-state index < -0.39 is 0 Å². The molecule has 0 radical (unpaired) electrons. The Morgan fingerprint density at radius 1 is 1.00 bits per heavy atom. The number of rotatable bonds is 13. The number of carbonyl (C=O) groups is 1. The molecule has 0 aliphatic carbocycles. The number of ether oxygens (including phenoxy) is 5. The minimum absolute atomic E-state index is 0. The van der Waals surface area contributed by atoms with E-state index in [-0.39, 0.29) is 38.8 Å². The molecule has 0 spiro atoms. The number of carbonyl (C=O) groups excluding carboxylic acids is 1. The maximum atomic E-state index is 10.8. The Kier molecular flexibility index (Phi) is 16.8. The second-order valence-electron chi connectivity index (χ2n) is 4.35. The van der Waals surface area contributed by atoms with Crippen LogP contribution in [0.1, 0.15) is 13.8 Å². The summed E-state index contributed by atoms with van der Waals surface area (Å²) in [6.07, 6.45) is 0.104. The van der Waals surface area contributed by atoms with Crippen molar-refractivity contribution in [2.24, 2.45) is 0 Å². The van der Waals surface area contributed by atoms with Gasteiger partial charge in [-0.2, -0.15) is 0 Å². The molecule has 0 saturated carbocycles. The third-order valence-electron chi connectivity index (χ3n) is 2.44. The largest absolute Gasteiger partial charge is 0.459 e. The molecule has 2 unspecified atom stereocenters. The molecule has 7 heteroatoms. The first kappa shape index (κ1) is 22.5. The van der Waals surface area contributed by atoms with Gasteiger partial charge in [0.15, 0.2) is 6.54 Å². The lowest BCUT2D eigenvalue weighted by Crippen LogP contribution is -2.54. The first-order valence-corrected chi connectivity index (χ1v) is 6.84. The van der Waals surface area contributed by atoms with Crippen molar-refractivity contribution < 1.29 is 34.2 Å². The average Bonchev–Trinajstić information content (AvgIpc) is 2.46. The summed E-state index contributed by atoms with van der Waals surface area (Å²) in [7, 11) is 1.65. The Balaban J connectivity index is 0. The van der Waals surface area contributed by atoms with E-state index in [1.165, 1.54) is 0 Å². The van der Waals surface area contributed by atoms with E-state index in [0.29, 0.717) is 33.0 Å². The Morgan fingerprint density at radius 3 is 2.24 bits per heavy atom. The maximum absolute atomic E-state index is 10.8. The highest BCUT2D eigenvalue weighted by Gasteiger charge is 2.06. The second kappa shape index (κ2) is 15.7. The number of quaternary nitrogens is 1. The quantitative estimate of drug-likeness (QED) is 0.285. The molecule has 0 fully saturated rings. The van der Waals surface area contributed by atoms with Gasteiger partial charge in [0.25, 0.3) is 0 Å². The SMILES string of the molecule is COC(C)COC(C)COCCOCCOC(=O)C[NH3+].[CH3-]. The molecular weight excluding hydrogens is 278 g/mol. The van der Waals surface area contributed by atoms with E-state index in [0.717, 1.165) is 0 Å². The van der Waals surface area contributed by atoms with Gasteiger partial charge in [-0.15, -0.1) is 0 Å². The Hall–Kier alpha value is -0.730. The minimum Gasteiger partial charge on any atom is -0.459 e. The zero-order valence-corrected chi connectivity index (χ0v) is 13.8. The topological polar surface area (TPSA) is 90.9 Å². The molecule has 0 aliphatic heterocycles. The van der Waals surface area contributed by atoms with Crippen LogP contribution in [0.15, 0.2) is 0 Å². The normalized spacial score (nSPS) is 13.3. The summed E-state index contributed by atoms with van der Waals surface area (Å²) in [4.78, 5) is 10.8. The van der Waals surface area contributed by atoms with Gasteiger partial charge in [0, 0.05) is 7.11 Å². The number of hydrogen-bond donors (Lipinski definition) is 1. The molecule has 0 rings (SSSR count). The van der Waals surface area contributed by atoms with Crippen LogP contribution < -0.4 is 5.73 Å². The molecule has 0 aromatic carbocycles. The molecule has 0 aliphatic rings. The first-order valence-electron chi connectivity index (χ1n) is 6.84. The zero-order chi connectivity index (χ0) is 15.2. The molecule has 7 nitrogen and oxygen atoms in total. The highest BCUT2D eigenvalue weighted by Crippen LogP contribution is 1.96. The molecule has 0 aromatic rings. The van der Waals surface area contributed by atoms with E-state index in [1.807, 2.05) is 13.8 Å². The van der Waals surface area contributed by atoms with Gasteiger partial charge in [-0.3, -0.25) is 0 Å². The van der Waals surface area contributed by atoms with Gasteiger partial charge in [0.1, 0.15) is 6.61 Å². The van der Waals surface area contributed by atoms with E-state index in [9.17, 15) is 4.79 Å². The molecular formula is C14H31NO6. The van der Waals surface area contributed by atoms with Crippen LogP contribution in [0.4, 0.5) is 0 Å². The molecule has 128 valence electrons. The first-order chi connectivity index (χ1) is 9.60. The fraction of sp³-hybridized carbons (Fsp3) is 0.857. The molecule has 0 heterocycles. The lowest BCUT2D eigenvalue weighted by Gasteiger charge is -2.16. The molecule has 2 atom stereocenters. The molecule has 3 N–H and O–H groups in total. The van der Waals surface area contributed by atoms with Crippen LogP contribution in [0, 0.1) is 7.43 Å². The molecule has 0 amide bonds. The Morgan fingerprint density at radius 2 is 1.62 bits per heavy atom. The van der Waals surface area contributed by atoms with Crippen molar-refractivity contribution in [3.05, 3.63) is 7.43 Å². The van der Waals surface area contributed by atoms with Crippen molar-refractivity contribution in [3.63, 3.8) is 0 Å². The van der Waals surface area contributed by atoms with Crippen LogP contribution in [0.25, 0.3) is 0 Å². The van der Waals surface area contributed by atoms with Gasteiger partial charge >= 0.3 is 5.97 Å². The van der Waals surface area contributed by atoms with Gasteiger partial charge in [0.2, 0.25) is 0 Å². The van der Waals surface area contributed by atoms with Gasteiger partial charge in [-0.1, -0.05) is 0 Å². The lowest BCUT2D eigenvalue weighted by molar-refractivity contribution is -0.359. The smallest absolute Gasteiger partial charge is 0.361 e. The Bertz CT molecular complexity index is 240. The van der Waals surface area contributed by atoms with E-state index >= 15 is 0 Å². The summed E-state index contributed by atoms with van der Waals surface area (Å²) in [5, 5.41) is 0. The predicted molar refractivity (Wildman–Crippen MR) is 78.7 cm³/mol. The number of esters is 1. The van der Waals surface area contributed by atoms with Crippen LogP contribution in [0.3, 0.4) is 0 Å². The highest BCUT2D eigenvalue weighted by molar-refractivity contribution is 5.69. The molecule has 21 heavy (non-hydrogen) atoms. The number of hydrogen-bond acceptors (Lipinski definition) is 6. The summed E-state index contributed by atoms with van der Waals surface area (Å²) >= 11 is 0. The summed E-state index contributed by atoms with van der Waals surface area (Å²) < 4.78 is 26.1. The van der Waals surface area contributed by atoms with Crippen molar-refractivity contribution in [3.8, 4) is 0 Å². The van der Waals surface area contributed by atoms with Crippen LogP contribution in [-0.2, 0) is 28.5 Å². The monoisotopic (exact) mass is 309 g/mol. The third-order valence-corrected chi connectivity index (χ3v) is 2.44. The van der Waals surface area contributed by atoms with Crippen molar-refractivity contribution in [1.29, 1.82) is 0 Å². The van der Waals surface area contributed by atoms with Gasteiger partial charge in [0.05, 0.1) is 45.2 Å². The molecule has 0 bridgehead atoms.